The quantitative estimate of drug-likeness (QED) is 0.722. The fraction of sp³-hybridized carbons (Fsp3) is 0.364. The van der Waals surface area contributed by atoms with Crippen LogP contribution in [0.3, 0.4) is 0 Å². The van der Waals surface area contributed by atoms with E-state index in [1.165, 1.54) is 11.8 Å². The smallest absolute Gasteiger partial charge is 0.240 e. The molecule has 0 radical (unpaired) electrons. The minimum Gasteiger partial charge on any atom is -0.493 e. The number of methoxy groups -OCH3 is 2. The fourth-order valence-electron chi connectivity index (χ4n) is 3.02. The Hall–Kier alpha value is -3.02. The van der Waals surface area contributed by atoms with E-state index in [-0.39, 0.29) is 18.4 Å². The molecule has 0 saturated carbocycles. The largest absolute Gasteiger partial charge is 0.493 e. The SMILES string of the molecule is CCc1ccccc1N(CC(=O)NCCc1ccc(OC)c(OC)c1)C(C)=O. The van der Waals surface area contributed by atoms with Gasteiger partial charge in [-0.15, -0.1) is 0 Å². The highest BCUT2D eigenvalue weighted by atomic mass is 16.5. The standard InChI is InChI=1S/C22H28N2O4/c1-5-18-8-6-7-9-19(18)24(16(2)25)15-22(26)23-13-12-17-10-11-20(27-3)21(14-17)28-4/h6-11,14H,5,12-13,15H2,1-4H3,(H,23,26). The van der Waals surface area contributed by atoms with Gasteiger partial charge in [-0.2, -0.15) is 0 Å². The van der Waals surface area contributed by atoms with E-state index in [0.717, 1.165) is 23.2 Å². The van der Waals surface area contributed by atoms with E-state index in [1.54, 1.807) is 14.2 Å². The summed E-state index contributed by atoms with van der Waals surface area (Å²) in [5.41, 5.74) is 2.85. The zero-order valence-corrected chi connectivity index (χ0v) is 17.0. The Morgan fingerprint density at radius 2 is 1.75 bits per heavy atom. The van der Waals surface area contributed by atoms with Gasteiger partial charge in [-0.3, -0.25) is 9.59 Å². The summed E-state index contributed by atoms with van der Waals surface area (Å²) in [7, 11) is 3.18. The van der Waals surface area contributed by atoms with Gasteiger partial charge in [0, 0.05) is 19.2 Å². The van der Waals surface area contributed by atoms with Gasteiger partial charge < -0.3 is 19.7 Å². The van der Waals surface area contributed by atoms with Crippen molar-refractivity contribution in [3.05, 3.63) is 53.6 Å². The topological polar surface area (TPSA) is 67.9 Å². The highest BCUT2D eigenvalue weighted by Crippen LogP contribution is 2.27. The lowest BCUT2D eigenvalue weighted by Gasteiger charge is -2.23. The molecule has 28 heavy (non-hydrogen) atoms. The van der Waals surface area contributed by atoms with Gasteiger partial charge >= 0.3 is 0 Å². The molecule has 2 amide bonds. The Kier molecular flexibility index (Phi) is 7.87. The summed E-state index contributed by atoms with van der Waals surface area (Å²) in [6.45, 7) is 3.97. The van der Waals surface area contributed by atoms with Crippen LogP contribution in [0.5, 0.6) is 11.5 Å². The first kappa shape index (κ1) is 21.3. The Labute approximate surface area is 166 Å². The van der Waals surface area contributed by atoms with E-state index in [9.17, 15) is 9.59 Å². The molecule has 0 fully saturated rings. The van der Waals surface area contributed by atoms with Gasteiger partial charge in [0.2, 0.25) is 11.8 Å². The maximum Gasteiger partial charge on any atom is 0.240 e. The second kappa shape index (κ2) is 10.3. The maximum absolute atomic E-state index is 12.4. The average Bonchev–Trinajstić information content (AvgIpc) is 2.71. The molecule has 0 spiro atoms. The number of benzene rings is 2. The molecule has 0 saturated heterocycles. The molecule has 0 heterocycles. The predicted octanol–water partition coefficient (Wildman–Crippen LogP) is 2.98. The van der Waals surface area contributed by atoms with Gasteiger partial charge in [0.15, 0.2) is 11.5 Å². The Morgan fingerprint density at radius 1 is 1.04 bits per heavy atom. The predicted molar refractivity (Wildman–Crippen MR) is 110 cm³/mol. The molecule has 0 aliphatic rings. The van der Waals surface area contributed by atoms with Crippen LogP contribution in [-0.2, 0) is 22.4 Å². The van der Waals surface area contributed by atoms with Gasteiger partial charge in [-0.25, -0.2) is 0 Å². The van der Waals surface area contributed by atoms with Crippen LogP contribution in [0.15, 0.2) is 42.5 Å². The highest BCUT2D eigenvalue weighted by Gasteiger charge is 2.17. The van der Waals surface area contributed by atoms with Crippen molar-refractivity contribution in [2.24, 2.45) is 0 Å². The number of anilines is 1. The summed E-state index contributed by atoms with van der Waals surface area (Å²) in [6, 6.07) is 13.3. The third-order valence-electron chi connectivity index (χ3n) is 4.53. The van der Waals surface area contributed by atoms with E-state index in [0.29, 0.717) is 24.5 Å². The van der Waals surface area contributed by atoms with Crippen molar-refractivity contribution in [3.63, 3.8) is 0 Å². The van der Waals surface area contributed by atoms with Crippen LogP contribution in [0.4, 0.5) is 5.69 Å². The Bertz CT molecular complexity index is 820. The maximum atomic E-state index is 12.4. The molecule has 0 aliphatic heterocycles. The van der Waals surface area contributed by atoms with E-state index >= 15 is 0 Å². The van der Waals surface area contributed by atoms with E-state index in [1.807, 2.05) is 49.4 Å². The zero-order valence-electron chi connectivity index (χ0n) is 17.0. The summed E-state index contributed by atoms with van der Waals surface area (Å²) in [4.78, 5) is 26.0. The molecule has 2 aromatic carbocycles. The van der Waals surface area contributed by atoms with Crippen molar-refractivity contribution in [1.29, 1.82) is 0 Å². The van der Waals surface area contributed by atoms with Gasteiger partial charge in [-0.1, -0.05) is 31.2 Å². The number of aryl methyl sites for hydroxylation is 1. The first-order valence-corrected chi connectivity index (χ1v) is 9.33. The van der Waals surface area contributed by atoms with Crippen molar-refractivity contribution < 1.29 is 19.1 Å². The van der Waals surface area contributed by atoms with Crippen molar-refractivity contribution in [3.8, 4) is 11.5 Å². The van der Waals surface area contributed by atoms with E-state index in [2.05, 4.69) is 5.32 Å². The number of carbonyl (C=O) groups is 2. The molecule has 0 bridgehead atoms. The molecular formula is C22H28N2O4. The molecule has 0 aromatic heterocycles. The monoisotopic (exact) mass is 384 g/mol. The molecule has 150 valence electrons. The lowest BCUT2D eigenvalue weighted by Crippen LogP contribution is -2.40. The molecule has 2 aromatic rings. The van der Waals surface area contributed by atoms with Crippen LogP contribution < -0.4 is 19.7 Å². The van der Waals surface area contributed by atoms with Gasteiger partial charge in [-0.05, 0) is 42.2 Å². The van der Waals surface area contributed by atoms with Gasteiger partial charge in [0.1, 0.15) is 6.54 Å². The van der Waals surface area contributed by atoms with Crippen molar-refractivity contribution in [2.75, 3.05) is 32.2 Å². The van der Waals surface area contributed by atoms with E-state index < -0.39 is 0 Å². The van der Waals surface area contributed by atoms with Crippen molar-refractivity contribution >= 4 is 17.5 Å². The molecule has 0 atom stereocenters. The lowest BCUT2D eigenvalue weighted by molar-refractivity contribution is -0.123. The number of nitrogens with zero attached hydrogens (tertiary/aromatic N) is 1. The first-order chi connectivity index (χ1) is 13.5. The zero-order chi connectivity index (χ0) is 20.5. The molecule has 0 aliphatic carbocycles. The lowest BCUT2D eigenvalue weighted by atomic mass is 10.1. The highest BCUT2D eigenvalue weighted by molar-refractivity contribution is 5.98. The molecule has 2 rings (SSSR count). The molecule has 6 heteroatoms. The number of nitrogens with one attached hydrogen (secondary N) is 1. The minimum absolute atomic E-state index is 0.00171. The number of para-hydroxylation sites is 1. The number of hydrogen-bond donors (Lipinski definition) is 1. The van der Waals surface area contributed by atoms with Crippen molar-refractivity contribution in [2.45, 2.75) is 26.7 Å². The molecule has 6 nitrogen and oxygen atoms in total. The first-order valence-electron chi connectivity index (χ1n) is 9.33. The van der Waals surface area contributed by atoms with Crippen LogP contribution >= 0.6 is 0 Å². The van der Waals surface area contributed by atoms with Crippen LogP contribution in [-0.4, -0.2) is 39.1 Å². The molecule has 0 unspecified atom stereocenters. The molecule has 1 N–H and O–H groups in total. The van der Waals surface area contributed by atoms with Crippen LogP contribution in [0, 0.1) is 0 Å². The summed E-state index contributed by atoms with van der Waals surface area (Å²) < 4.78 is 10.5. The summed E-state index contributed by atoms with van der Waals surface area (Å²) >= 11 is 0. The van der Waals surface area contributed by atoms with Crippen LogP contribution in [0.25, 0.3) is 0 Å². The fourth-order valence-corrected chi connectivity index (χ4v) is 3.02. The van der Waals surface area contributed by atoms with E-state index in [4.69, 9.17) is 9.47 Å². The number of hydrogen-bond acceptors (Lipinski definition) is 4. The third kappa shape index (κ3) is 5.49. The minimum atomic E-state index is -0.193. The average molecular weight is 384 g/mol. The summed E-state index contributed by atoms with van der Waals surface area (Å²) in [5.74, 6) is 0.977. The normalized spacial score (nSPS) is 10.3. The molecular weight excluding hydrogens is 356 g/mol. The second-order valence-electron chi connectivity index (χ2n) is 6.38. The number of ether oxygens (including phenoxy) is 2. The van der Waals surface area contributed by atoms with Gasteiger partial charge in [0.25, 0.3) is 0 Å². The second-order valence-corrected chi connectivity index (χ2v) is 6.38. The van der Waals surface area contributed by atoms with Crippen LogP contribution in [0.1, 0.15) is 25.0 Å². The summed E-state index contributed by atoms with van der Waals surface area (Å²) in [6.07, 6.45) is 1.44. The van der Waals surface area contributed by atoms with Crippen molar-refractivity contribution in [1.82, 2.24) is 5.32 Å². The Morgan fingerprint density at radius 3 is 2.39 bits per heavy atom. The number of amides is 2. The van der Waals surface area contributed by atoms with Gasteiger partial charge in [0.05, 0.1) is 14.2 Å². The Balaban J connectivity index is 1.96. The summed E-state index contributed by atoms with van der Waals surface area (Å²) in [5, 5.41) is 2.88. The number of carbonyl (C=O) groups excluding carboxylic acids is 2. The van der Waals surface area contributed by atoms with Crippen LogP contribution in [0.2, 0.25) is 0 Å². The number of rotatable bonds is 9. The third-order valence-corrected chi connectivity index (χ3v) is 4.53.